The van der Waals surface area contributed by atoms with Gasteiger partial charge in [-0.1, -0.05) is 77.9 Å². The highest BCUT2D eigenvalue weighted by Gasteiger charge is 2.45. The average molecular weight is 540 g/mol. The third kappa shape index (κ3) is 5.02. The van der Waals surface area contributed by atoms with E-state index in [9.17, 15) is 13.5 Å². The van der Waals surface area contributed by atoms with Crippen LogP contribution in [0, 0.1) is 0 Å². The van der Waals surface area contributed by atoms with Gasteiger partial charge >= 0.3 is 10.2 Å². The van der Waals surface area contributed by atoms with Gasteiger partial charge in [0.05, 0.1) is 6.20 Å². The van der Waals surface area contributed by atoms with Crippen LogP contribution < -0.4 is 13.8 Å². The van der Waals surface area contributed by atoms with Crippen LogP contribution in [0.3, 0.4) is 0 Å². The quantitative estimate of drug-likeness (QED) is 0.294. The number of aliphatic hydroxyl groups excluding tert-OH is 1. The summed E-state index contributed by atoms with van der Waals surface area (Å²) in [5.74, 6) is -0.0296. The summed E-state index contributed by atoms with van der Waals surface area (Å²) in [6.45, 7) is 14.3. The van der Waals surface area contributed by atoms with Crippen LogP contribution in [0.4, 0.5) is 5.69 Å². The Bertz CT molecular complexity index is 1360. The van der Waals surface area contributed by atoms with E-state index in [-0.39, 0.29) is 6.61 Å². The van der Waals surface area contributed by atoms with Crippen molar-refractivity contribution in [2.24, 2.45) is 0 Å². The van der Waals surface area contributed by atoms with Gasteiger partial charge in [0.2, 0.25) is 5.88 Å². The Balaban J connectivity index is 1.77. The van der Waals surface area contributed by atoms with Crippen molar-refractivity contribution < 1.29 is 18.3 Å². The largest absolute Gasteiger partial charge is 0.493 e. The second-order valence-electron chi connectivity index (χ2n) is 10.5. The molecule has 1 aromatic heterocycles. The first-order valence-corrected chi connectivity index (χ1v) is 16.3. The first kappa shape index (κ1) is 26.9. The second kappa shape index (κ2) is 10.3. The van der Waals surface area contributed by atoms with Crippen molar-refractivity contribution in [3.63, 3.8) is 0 Å². The van der Waals surface area contributed by atoms with Gasteiger partial charge in [-0.15, -0.1) is 0 Å². The number of nitrogens with zero attached hydrogens (tertiary/aromatic N) is 2. The van der Waals surface area contributed by atoms with E-state index in [0.717, 1.165) is 27.2 Å². The summed E-state index contributed by atoms with van der Waals surface area (Å²) in [6.07, 6.45) is 5.59. The summed E-state index contributed by atoms with van der Waals surface area (Å²) in [6, 6.07) is 17.3. The molecule has 2 heterocycles. The maximum Gasteiger partial charge on any atom is 0.330 e. The molecule has 7 nitrogen and oxygen atoms in total. The Kier molecular flexibility index (Phi) is 7.48. The molecule has 0 aliphatic carbocycles. The van der Waals surface area contributed by atoms with Gasteiger partial charge in [-0.3, -0.25) is 0 Å². The zero-order chi connectivity index (χ0) is 27.0. The number of aliphatic hydroxyl groups is 1. The SMILES string of the molecule is CC(C)[Si](C(C)C)(C(C)C)n1ccc(-c2ccc(N3C=C(O)NS3(=O)=O)c(OCc3ccccc3)c2)c1. The summed E-state index contributed by atoms with van der Waals surface area (Å²) in [4.78, 5) is 0. The number of hydrogen-bond donors (Lipinski definition) is 2. The lowest BCUT2D eigenvalue weighted by Gasteiger charge is -2.44. The molecule has 0 amide bonds. The highest BCUT2D eigenvalue weighted by molar-refractivity contribution is 7.91. The van der Waals surface area contributed by atoms with Gasteiger partial charge < -0.3 is 14.1 Å². The van der Waals surface area contributed by atoms with Gasteiger partial charge in [0.25, 0.3) is 0 Å². The van der Waals surface area contributed by atoms with Crippen LogP contribution in [0.2, 0.25) is 16.6 Å². The molecule has 37 heavy (non-hydrogen) atoms. The molecule has 4 rings (SSSR count). The number of benzene rings is 2. The lowest BCUT2D eigenvalue weighted by molar-refractivity contribution is 0.307. The smallest absolute Gasteiger partial charge is 0.330 e. The number of aromatic nitrogens is 1. The van der Waals surface area contributed by atoms with Crippen molar-refractivity contribution >= 4 is 24.1 Å². The number of hydrogen-bond acceptors (Lipinski definition) is 4. The molecule has 198 valence electrons. The molecule has 0 unspecified atom stereocenters. The third-order valence-corrected chi connectivity index (χ3v) is 15.4. The highest BCUT2D eigenvalue weighted by atomic mass is 32.2. The minimum absolute atomic E-state index is 0.277. The molecule has 0 bridgehead atoms. The zero-order valence-electron chi connectivity index (χ0n) is 22.3. The van der Waals surface area contributed by atoms with Crippen LogP contribution in [0.15, 0.2) is 79.1 Å². The molecule has 2 aromatic carbocycles. The van der Waals surface area contributed by atoms with Crippen molar-refractivity contribution in [1.29, 1.82) is 0 Å². The monoisotopic (exact) mass is 539 g/mol. The average Bonchev–Trinajstić information content (AvgIpc) is 3.41. The molecule has 9 heteroatoms. The van der Waals surface area contributed by atoms with E-state index in [4.69, 9.17) is 4.74 Å². The van der Waals surface area contributed by atoms with E-state index in [1.54, 1.807) is 6.07 Å². The Morgan fingerprint density at radius 3 is 2.14 bits per heavy atom. The van der Waals surface area contributed by atoms with E-state index in [1.807, 2.05) is 42.5 Å². The Morgan fingerprint density at radius 2 is 1.57 bits per heavy atom. The molecule has 3 aromatic rings. The van der Waals surface area contributed by atoms with Crippen LogP contribution in [0.1, 0.15) is 47.1 Å². The van der Waals surface area contributed by atoms with E-state index in [1.165, 1.54) is 0 Å². The Hall–Kier alpha value is -3.17. The molecule has 2 N–H and O–H groups in total. The van der Waals surface area contributed by atoms with Crippen LogP contribution >= 0.6 is 0 Å². The number of ether oxygens (including phenoxy) is 1. The summed E-state index contributed by atoms with van der Waals surface area (Å²) in [7, 11) is -5.85. The molecule has 1 aliphatic heterocycles. The summed E-state index contributed by atoms with van der Waals surface area (Å²) in [5.41, 5.74) is 4.96. The number of nitrogens with one attached hydrogen (secondary N) is 1. The maximum atomic E-state index is 12.6. The maximum absolute atomic E-state index is 12.6. The van der Waals surface area contributed by atoms with Gasteiger partial charge in [-0.05, 0) is 57.7 Å². The Morgan fingerprint density at radius 1 is 0.919 bits per heavy atom. The molecular formula is C28H37N3O4SSi. The first-order valence-electron chi connectivity index (χ1n) is 12.7. The summed E-state index contributed by atoms with van der Waals surface area (Å²) < 4.78 is 37.0. The normalized spacial score (nSPS) is 15.4. The molecule has 0 saturated carbocycles. The minimum atomic E-state index is -3.95. The second-order valence-corrected chi connectivity index (χ2v) is 17.8. The topological polar surface area (TPSA) is 83.8 Å². The number of rotatable bonds is 9. The van der Waals surface area contributed by atoms with Crippen LogP contribution in [0.25, 0.3) is 11.1 Å². The van der Waals surface area contributed by atoms with Crippen molar-refractivity contribution in [2.45, 2.75) is 64.8 Å². The molecule has 1 aliphatic rings. The van der Waals surface area contributed by atoms with E-state index in [2.05, 4.69) is 69.0 Å². The van der Waals surface area contributed by atoms with Crippen LogP contribution in [-0.4, -0.2) is 26.0 Å². The molecule has 0 fully saturated rings. The van der Waals surface area contributed by atoms with Crippen LogP contribution in [-0.2, 0) is 16.8 Å². The van der Waals surface area contributed by atoms with E-state index >= 15 is 0 Å². The summed E-state index contributed by atoms with van der Waals surface area (Å²) >= 11 is 0. The lowest BCUT2D eigenvalue weighted by atomic mass is 10.1. The molecular weight excluding hydrogens is 502 g/mol. The van der Waals surface area contributed by atoms with Gasteiger partial charge in [0, 0.05) is 6.20 Å². The predicted octanol–water partition coefficient (Wildman–Crippen LogP) is 6.77. The minimum Gasteiger partial charge on any atom is -0.493 e. The van der Waals surface area contributed by atoms with E-state index < -0.39 is 24.3 Å². The van der Waals surface area contributed by atoms with Gasteiger partial charge in [0.15, 0.2) is 8.24 Å². The Labute approximate surface area is 221 Å². The van der Waals surface area contributed by atoms with Crippen molar-refractivity contribution in [3.05, 3.63) is 84.6 Å². The molecule has 0 atom stereocenters. The molecule has 0 saturated heterocycles. The fraction of sp³-hybridized carbons (Fsp3) is 0.357. The van der Waals surface area contributed by atoms with Crippen molar-refractivity contribution in [2.75, 3.05) is 4.31 Å². The molecule has 0 radical (unpaired) electrons. The van der Waals surface area contributed by atoms with Gasteiger partial charge in [0.1, 0.15) is 18.0 Å². The zero-order valence-corrected chi connectivity index (χ0v) is 24.2. The van der Waals surface area contributed by atoms with Crippen LogP contribution in [0.5, 0.6) is 5.75 Å². The highest BCUT2D eigenvalue weighted by Crippen LogP contribution is 2.44. The van der Waals surface area contributed by atoms with Crippen molar-refractivity contribution in [1.82, 2.24) is 8.95 Å². The van der Waals surface area contributed by atoms with Gasteiger partial charge in [-0.25, -0.2) is 9.03 Å². The number of anilines is 1. The van der Waals surface area contributed by atoms with Gasteiger partial charge in [-0.2, -0.15) is 8.42 Å². The third-order valence-electron chi connectivity index (χ3n) is 7.41. The first-order chi connectivity index (χ1) is 17.5. The van der Waals surface area contributed by atoms with E-state index in [0.29, 0.717) is 28.1 Å². The predicted molar refractivity (Wildman–Crippen MR) is 152 cm³/mol. The molecule has 0 spiro atoms. The van der Waals surface area contributed by atoms with Crippen molar-refractivity contribution in [3.8, 4) is 16.9 Å². The fourth-order valence-corrected chi connectivity index (χ4v) is 13.6. The standard InChI is InChI=1S/C28H37N3O4SSi/c1-20(2)37(21(3)4,22(5)6)30-15-14-25(17-30)24-12-13-26(31-18-28(32)29-36(31,33)34)27(16-24)35-19-23-10-8-7-9-11-23/h7-18,20-22,29,32H,19H2,1-6H3. The summed E-state index contributed by atoms with van der Waals surface area (Å²) in [5, 5.41) is 9.83. The lowest BCUT2D eigenvalue weighted by Crippen LogP contribution is -2.51. The fourth-order valence-electron chi connectivity index (χ4n) is 6.02.